The molecule has 5 nitrogen and oxygen atoms in total. The molecule has 0 bridgehead atoms. The van der Waals surface area contributed by atoms with Gasteiger partial charge in [0, 0.05) is 29.9 Å². The highest BCUT2D eigenvalue weighted by molar-refractivity contribution is 5.96. The summed E-state index contributed by atoms with van der Waals surface area (Å²) in [6.45, 7) is 6.23. The van der Waals surface area contributed by atoms with E-state index in [1.54, 1.807) is 24.4 Å². The van der Waals surface area contributed by atoms with Crippen molar-refractivity contribution in [2.45, 2.75) is 13.8 Å². The van der Waals surface area contributed by atoms with Gasteiger partial charge >= 0.3 is 0 Å². The number of fused-ring (bicyclic) bond motifs is 1. The molecule has 1 amide bonds. The minimum absolute atomic E-state index is 0.436. The Bertz CT molecular complexity index is 870. The van der Waals surface area contributed by atoms with E-state index < -0.39 is 5.91 Å². The van der Waals surface area contributed by atoms with Crippen LogP contribution in [0.1, 0.15) is 24.2 Å². The summed E-state index contributed by atoms with van der Waals surface area (Å²) in [6.07, 6.45) is 1.75. The smallest absolute Gasteiger partial charge is 0.248 e. The van der Waals surface area contributed by atoms with E-state index in [2.05, 4.69) is 40.8 Å². The third-order valence-electron chi connectivity index (χ3n) is 4.12. The number of benzene rings is 2. The molecular formula is C19H20N4O. The third-order valence-corrected chi connectivity index (χ3v) is 4.12. The molecule has 122 valence electrons. The first-order valence-corrected chi connectivity index (χ1v) is 8.04. The first-order chi connectivity index (χ1) is 11.6. The average Bonchev–Trinajstić information content (AvgIpc) is 2.62. The van der Waals surface area contributed by atoms with Crippen LogP contribution < -0.4 is 10.6 Å². The second-order valence-corrected chi connectivity index (χ2v) is 5.54. The lowest BCUT2D eigenvalue weighted by atomic mass is 10.1. The van der Waals surface area contributed by atoms with Crippen molar-refractivity contribution in [2.24, 2.45) is 5.73 Å². The van der Waals surface area contributed by atoms with Gasteiger partial charge in [0.2, 0.25) is 5.91 Å². The summed E-state index contributed by atoms with van der Waals surface area (Å²) < 4.78 is 0. The van der Waals surface area contributed by atoms with Crippen LogP contribution in [0.4, 0.5) is 5.69 Å². The molecule has 1 heterocycles. The Balaban J connectivity index is 1.98. The summed E-state index contributed by atoms with van der Waals surface area (Å²) in [6, 6.07) is 13.4. The summed E-state index contributed by atoms with van der Waals surface area (Å²) in [5.74, 6) is -0.465. The number of carbonyl (C=O) groups excluding carboxylic acids is 1. The van der Waals surface area contributed by atoms with Crippen LogP contribution in [0, 0.1) is 0 Å². The molecule has 5 heteroatoms. The van der Waals surface area contributed by atoms with Crippen LogP contribution in [0.15, 0.2) is 48.7 Å². The van der Waals surface area contributed by atoms with E-state index in [4.69, 9.17) is 5.73 Å². The topological polar surface area (TPSA) is 72.1 Å². The van der Waals surface area contributed by atoms with Gasteiger partial charge in [-0.05, 0) is 44.2 Å². The molecule has 0 unspecified atom stereocenters. The van der Waals surface area contributed by atoms with Crippen molar-refractivity contribution in [2.75, 3.05) is 18.0 Å². The Hall–Kier alpha value is -2.95. The second-order valence-electron chi connectivity index (χ2n) is 5.54. The van der Waals surface area contributed by atoms with Crippen molar-refractivity contribution in [3.63, 3.8) is 0 Å². The second kappa shape index (κ2) is 6.66. The van der Waals surface area contributed by atoms with Gasteiger partial charge in [0.15, 0.2) is 0 Å². The molecule has 0 aliphatic heterocycles. The maximum atomic E-state index is 11.3. The van der Waals surface area contributed by atoms with Gasteiger partial charge in [-0.25, -0.2) is 4.98 Å². The fourth-order valence-corrected chi connectivity index (χ4v) is 2.74. The number of anilines is 1. The average molecular weight is 320 g/mol. The summed E-state index contributed by atoms with van der Waals surface area (Å²) in [5, 5.41) is 0. The number of hydrogen-bond acceptors (Lipinski definition) is 4. The predicted octanol–water partition coefficient (Wildman–Crippen LogP) is 3.24. The quantitative estimate of drug-likeness (QED) is 0.783. The fraction of sp³-hybridized carbons (Fsp3) is 0.211. The standard InChI is InChI=1S/C19H20N4O/c1-3-23(4-2)15-8-5-13(6-9-15)18-12-21-16-10-7-14(19(20)24)11-17(16)22-18/h5-12H,3-4H2,1-2H3,(H2,20,24). The van der Waals surface area contributed by atoms with Gasteiger partial charge in [-0.2, -0.15) is 0 Å². The van der Waals surface area contributed by atoms with E-state index in [1.807, 2.05) is 12.1 Å². The van der Waals surface area contributed by atoms with Crippen LogP contribution >= 0.6 is 0 Å². The highest BCUT2D eigenvalue weighted by Crippen LogP contribution is 2.23. The maximum absolute atomic E-state index is 11.3. The molecule has 0 atom stereocenters. The normalized spacial score (nSPS) is 10.8. The van der Waals surface area contributed by atoms with Crippen molar-refractivity contribution in [3.05, 3.63) is 54.2 Å². The van der Waals surface area contributed by atoms with Crippen molar-refractivity contribution in [1.82, 2.24) is 9.97 Å². The van der Waals surface area contributed by atoms with E-state index in [9.17, 15) is 4.79 Å². The zero-order chi connectivity index (χ0) is 17.1. The molecule has 0 saturated carbocycles. The molecule has 1 aromatic heterocycles. The van der Waals surface area contributed by atoms with Crippen LogP contribution in [0.5, 0.6) is 0 Å². The lowest BCUT2D eigenvalue weighted by Gasteiger charge is -2.21. The zero-order valence-electron chi connectivity index (χ0n) is 13.9. The van der Waals surface area contributed by atoms with Crippen LogP contribution in [-0.2, 0) is 0 Å². The van der Waals surface area contributed by atoms with Crippen LogP contribution in [-0.4, -0.2) is 29.0 Å². The Morgan fingerprint density at radius 2 is 1.75 bits per heavy atom. The molecule has 0 spiro atoms. The number of hydrogen-bond donors (Lipinski definition) is 1. The molecule has 2 N–H and O–H groups in total. The molecule has 0 fully saturated rings. The van der Waals surface area contributed by atoms with Gasteiger partial charge in [-0.15, -0.1) is 0 Å². The van der Waals surface area contributed by atoms with Gasteiger partial charge in [0.1, 0.15) is 0 Å². The maximum Gasteiger partial charge on any atom is 0.248 e. The molecule has 24 heavy (non-hydrogen) atoms. The molecular weight excluding hydrogens is 300 g/mol. The van der Waals surface area contributed by atoms with E-state index in [0.29, 0.717) is 11.1 Å². The first-order valence-electron chi connectivity index (χ1n) is 8.04. The molecule has 2 aromatic carbocycles. The minimum atomic E-state index is -0.465. The van der Waals surface area contributed by atoms with Crippen molar-refractivity contribution in [1.29, 1.82) is 0 Å². The molecule has 3 rings (SSSR count). The Morgan fingerprint density at radius 3 is 2.38 bits per heavy atom. The Morgan fingerprint density at radius 1 is 1.04 bits per heavy atom. The monoisotopic (exact) mass is 320 g/mol. The number of amides is 1. The summed E-state index contributed by atoms with van der Waals surface area (Å²) in [7, 11) is 0. The minimum Gasteiger partial charge on any atom is -0.372 e. The number of aromatic nitrogens is 2. The van der Waals surface area contributed by atoms with Gasteiger partial charge in [0.05, 0.1) is 22.9 Å². The largest absolute Gasteiger partial charge is 0.372 e. The Labute approximate surface area is 141 Å². The fourth-order valence-electron chi connectivity index (χ4n) is 2.74. The summed E-state index contributed by atoms with van der Waals surface area (Å²) in [5.41, 5.74) is 10.1. The predicted molar refractivity (Wildman–Crippen MR) is 97.1 cm³/mol. The summed E-state index contributed by atoms with van der Waals surface area (Å²) >= 11 is 0. The van der Waals surface area contributed by atoms with E-state index >= 15 is 0 Å². The van der Waals surface area contributed by atoms with Crippen LogP contribution in [0.3, 0.4) is 0 Å². The highest BCUT2D eigenvalue weighted by atomic mass is 16.1. The molecule has 0 radical (unpaired) electrons. The molecule has 0 aliphatic rings. The number of carbonyl (C=O) groups is 1. The zero-order valence-corrected chi connectivity index (χ0v) is 13.9. The number of nitrogens with zero attached hydrogens (tertiary/aromatic N) is 3. The van der Waals surface area contributed by atoms with Crippen LogP contribution in [0.2, 0.25) is 0 Å². The van der Waals surface area contributed by atoms with Gasteiger partial charge < -0.3 is 10.6 Å². The lowest BCUT2D eigenvalue weighted by molar-refractivity contribution is 0.100. The van der Waals surface area contributed by atoms with Crippen molar-refractivity contribution in [3.8, 4) is 11.3 Å². The highest BCUT2D eigenvalue weighted by Gasteiger charge is 2.07. The van der Waals surface area contributed by atoms with Crippen molar-refractivity contribution >= 4 is 22.6 Å². The van der Waals surface area contributed by atoms with Gasteiger partial charge in [-0.1, -0.05) is 12.1 Å². The van der Waals surface area contributed by atoms with Gasteiger partial charge in [0.25, 0.3) is 0 Å². The van der Waals surface area contributed by atoms with E-state index in [-0.39, 0.29) is 0 Å². The SMILES string of the molecule is CCN(CC)c1ccc(-c2cnc3ccc(C(N)=O)cc3n2)cc1. The van der Waals surface area contributed by atoms with Gasteiger partial charge in [-0.3, -0.25) is 9.78 Å². The summed E-state index contributed by atoms with van der Waals surface area (Å²) in [4.78, 5) is 22.7. The lowest BCUT2D eigenvalue weighted by Crippen LogP contribution is -2.21. The third kappa shape index (κ3) is 3.06. The molecule has 0 saturated heterocycles. The van der Waals surface area contributed by atoms with Crippen LogP contribution in [0.25, 0.3) is 22.3 Å². The Kier molecular flexibility index (Phi) is 4.42. The number of rotatable bonds is 5. The van der Waals surface area contributed by atoms with E-state index in [0.717, 1.165) is 29.9 Å². The van der Waals surface area contributed by atoms with E-state index in [1.165, 1.54) is 5.69 Å². The number of nitrogens with two attached hydrogens (primary N) is 1. The van der Waals surface area contributed by atoms with Crippen molar-refractivity contribution < 1.29 is 4.79 Å². The first kappa shape index (κ1) is 15.9. The number of primary amides is 1. The molecule has 0 aliphatic carbocycles. The molecule has 3 aromatic rings.